The first-order chi connectivity index (χ1) is 12.9. The van der Waals surface area contributed by atoms with Gasteiger partial charge in [-0.3, -0.25) is 14.7 Å². The summed E-state index contributed by atoms with van der Waals surface area (Å²) in [6.45, 7) is -1.01. The Hall–Kier alpha value is -2.59. The molecule has 0 saturated heterocycles. The van der Waals surface area contributed by atoms with Crippen molar-refractivity contribution in [1.29, 1.82) is 0 Å². The Kier molecular flexibility index (Phi) is 4.52. The largest absolute Gasteiger partial charge is 0.351 e. The van der Waals surface area contributed by atoms with Gasteiger partial charge in [-0.2, -0.15) is 8.78 Å². The molecule has 2 N–H and O–H groups in total. The number of hydrogen-bond donors (Lipinski definition) is 2. The number of nitrogens with zero attached hydrogens (tertiary/aromatic N) is 3. The smallest absolute Gasteiger partial charge is 0.320 e. The zero-order valence-corrected chi connectivity index (χ0v) is 16.2. The van der Waals surface area contributed by atoms with E-state index in [9.17, 15) is 13.6 Å². The van der Waals surface area contributed by atoms with Gasteiger partial charge in [0.25, 0.3) is 5.91 Å². The van der Waals surface area contributed by atoms with E-state index in [2.05, 4.69) is 36.2 Å². The van der Waals surface area contributed by atoms with E-state index < -0.39 is 6.55 Å². The first-order valence-corrected chi connectivity index (χ1v) is 9.42. The van der Waals surface area contributed by atoms with Crippen molar-refractivity contribution < 1.29 is 13.6 Å². The van der Waals surface area contributed by atoms with Crippen LogP contribution in [0.2, 0.25) is 0 Å². The van der Waals surface area contributed by atoms with Crippen LogP contribution in [0.15, 0.2) is 41.1 Å². The number of rotatable bonds is 4. The molecule has 1 aromatic carbocycles. The summed E-state index contributed by atoms with van der Waals surface area (Å²) in [6, 6.07) is 7.38. The van der Waals surface area contributed by atoms with E-state index in [1.165, 1.54) is 12.4 Å². The van der Waals surface area contributed by atoms with Gasteiger partial charge in [-0.15, -0.1) is 0 Å². The summed E-state index contributed by atoms with van der Waals surface area (Å²) >= 11 is 4.49. The minimum atomic E-state index is -2.70. The summed E-state index contributed by atoms with van der Waals surface area (Å²) in [7, 11) is 0. The molecule has 3 aromatic heterocycles. The minimum absolute atomic E-state index is 0.121. The number of alkyl halides is 2. The predicted molar refractivity (Wildman–Crippen MR) is 103 cm³/mol. The molecule has 27 heavy (non-hydrogen) atoms. The highest BCUT2D eigenvalue weighted by molar-refractivity contribution is 9.10. The first kappa shape index (κ1) is 17.8. The Balaban J connectivity index is 1.61. The monoisotopic (exact) mass is 451 g/mol. The Bertz CT molecular complexity index is 1150. The van der Waals surface area contributed by atoms with E-state index in [1.807, 2.05) is 18.2 Å². The molecular formula is C17H12BrF2N5OS. The number of carbonyl (C=O) groups excluding carboxylic acids is 1. The molecule has 0 bridgehead atoms. The predicted octanol–water partition coefficient (Wildman–Crippen LogP) is 5.21. The third-order valence-electron chi connectivity index (χ3n) is 3.93. The van der Waals surface area contributed by atoms with Gasteiger partial charge in [0.15, 0.2) is 11.0 Å². The number of hydrogen-bond acceptors (Lipinski definition) is 4. The number of halogens is 3. The third-order valence-corrected chi connectivity index (χ3v) is 5.49. The van der Waals surface area contributed by atoms with Crippen molar-refractivity contribution >= 4 is 49.2 Å². The molecule has 4 rings (SSSR count). The number of aromatic amines is 1. The van der Waals surface area contributed by atoms with Crippen molar-refractivity contribution in [2.45, 2.75) is 13.5 Å². The quantitative estimate of drug-likeness (QED) is 0.447. The van der Waals surface area contributed by atoms with Crippen LogP contribution in [0, 0.1) is 6.92 Å². The maximum atomic E-state index is 13.1. The molecule has 0 aliphatic carbocycles. The van der Waals surface area contributed by atoms with Crippen LogP contribution < -0.4 is 5.32 Å². The Labute approximate surface area is 164 Å². The van der Waals surface area contributed by atoms with Crippen molar-refractivity contribution in [2.75, 3.05) is 5.32 Å². The van der Waals surface area contributed by atoms with Crippen molar-refractivity contribution in [1.82, 2.24) is 19.5 Å². The lowest BCUT2D eigenvalue weighted by atomic mass is 10.2. The molecule has 0 aliphatic rings. The van der Waals surface area contributed by atoms with E-state index in [1.54, 1.807) is 13.0 Å². The molecule has 0 atom stereocenters. The molecule has 138 valence electrons. The highest BCUT2D eigenvalue weighted by Gasteiger charge is 2.20. The van der Waals surface area contributed by atoms with Gasteiger partial charge in [0.05, 0.1) is 10.6 Å². The summed E-state index contributed by atoms with van der Waals surface area (Å²) in [5.41, 5.74) is 1.73. The molecule has 1 amide bonds. The highest BCUT2D eigenvalue weighted by atomic mass is 79.9. The topological polar surface area (TPSA) is 75.6 Å². The molecule has 6 nitrogen and oxygen atoms in total. The number of H-pyrrole nitrogens is 1. The van der Waals surface area contributed by atoms with Gasteiger partial charge in [-0.05, 0) is 31.2 Å². The normalized spacial score (nSPS) is 11.4. The lowest BCUT2D eigenvalue weighted by Gasteiger charge is -2.04. The van der Waals surface area contributed by atoms with E-state index in [0.717, 1.165) is 31.3 Å². The lowest BCUT2D eigenvalue weighted by Crippen LogP contribution is -2.11. The molecule has 0 aliphatic heterocycles. The molecule has 0 saturated carbocycles. The number of amides is 1. The van der Waals surface area contributed by atoms with Crippen LogP contribution in [0.3, 0.4) is 0 Å². The van der Waals surface area contributed by atoms with Gasteiger partial charge in [0.1, 0.15) is 5.69 Å². The van der Waals surface area contributed by atoms with E-state index >= 15 is 0 Å². The fraction of sp³-hybridized carbons (Fsp3) is 0.118. The molecule has 0 fully saturated rings. The van der Waals surface area contributed by atoms with Gasteiger partial charge >= 0.3 is 6.55 Å². The third kappa shape index (κ3) is 3.37. The number of anilines is 1. The molecular weight excluding hydrogens is 440 g/mol. The maximum absolute atomic E-state index is 13.1. The van der Waals surface area contributed by atoms with Crippen molar-refractivity contribution in [3.8, 4) is 10.7 Å². The molecule has 3 heterocycles. The maximum Gasteiger partial charge on any atom is 0.320 e. The van der Waals surface area contributed by atoms with Gasteiger partial charge in [0.2, 0.25) is 0 Å². The van der Waals surface area contributed by atoms with Crippen LogP contribution in [0.4, 0.5) is 13.9 Å². The second kappa shape index (κ2) is 6.86. The fourth-order valence-electron chi connectivity index (χ4n) is 2.69. The number of benzene rings is 1. The SMILES string of the molecule is Cc1nc(NC(=O)c2cc3cc(Br)ccc3[nH]2)sc1-c1nccn1C(F)F. The molecule has 4 aromatic rings. The molecule has 10 heteroatoms. The van der Waals surface area contributed by atoms with Gasteiger partial charge in [-0.1, -0.05) is 27.3 Å². The lowest BCUT2D eigenvalue weighted by molar-refractivity contribution is 0.0720. The number of fused-ring (bicyclic) bond motifs is 1. The Morgan fingerprint density at radius 1 is 1.37 bits per heavy atom. The van der Waals surface area contributed by atoms with E-state index in [0.29, 0.717) is 21.4 Å². The fourth-order valence-corrected chi connectivity index (χ4v) is 4.04. The van der Waals surface area contributed by atoms with E-state index in [4.69, 9.17) is 0 Å². The first-order valence-electron chi connectivity index (χ1n) is 7.81. The van der Waals surface area contributed by atoms with Gasteiger partial charge in [-0.25, -0.2) is 9.97 Å². The number of aryl methyl sites for hydroxylation is 1. The molecule has 0 radical (unpaired) electrons. The average molecular weight is 452 g/mol. The number of carbonyl (C=O) groups is 1. The van der Waals surface area contributed by atoms with Gasteiger partial charge in [0, 0.05) is 27.8 Å². The summed E-state index contributed by atoms with van der Waals surface area (Å²) < 4.78 is 27.8. The van der Waals surface area contributed by atoms with Crippen molar-refractivity contribution in [3.63, 3.8) is 0 Å². The Morgan fingerprint density at radius 3 is 2.96 bits per heavy atom. The van der Waals surface area contributed by atoms with Crippen molar-refractivity contribution in [2.24, 2.45) is 0 Å². The van der Waals surface area contributed by atoms with Crippen LogP contribution in [0.5, 0.6) is 0 Å². The van der Waals surface area contributed by atoms with Crippen LogP contribution in [-0.2, 0) is 0 Å². The minimum Gasteiger partial charge on any atom is -0.351 e. The number of aromatic nitrogens is 4. The van der Waals surface area contributed by atoms with Crippen molar-refractivity contribution in [3.05, 3.63) is 52.5 Å². The molecule has 0 spiro atoms. The highest BCUT2D eigenvalue weighted by Crippen LogP contribution is 2.33. The average Bonchev–Trinajstić information content (AvgIpc) is 3.31. The van der Waals surface area contributed by atoms with Crippen LogP contribution in [-0.4, -0.2) is 25.4 Å². The second-order valence-electron chi connectivity index (χ2n) is 5.74. The molecule has 0 unspecified atom stereocenters. The number of thiazole rings is 1. The summed E-state index contributed by atoms with van der Waals surface area (Å²) in [5, 5.41) is 3.92. The number of imidazole rings is 1. The Morgan fingerprint density at radius 2 is 2.19 bits per heavy atom. The summed E-state index contributed by atoms with van der Waals surface area (Å²) in [5.74, 6) is -0.240. The van der Waals surface area contributed by atoms with E-state index in [-0.39, 0.29) is 11.7 Å². The zero-order valence-electron chi connectivity index (χ0n) is 13.8. The van der Waals surface area contributed by atoms with Crippen LogP contribution in [0.1, 0.15) is 22.7 Å². The zero-order chi connectivity index (χ0) is 19.1. The standard InChI is InChI=1S/C17H12BrF2N5OS/c1-8-13(14-21-4-5-25(14)16(19)20)27-17(22-8)24-15(26)12-7-9-6-10(18)2-3-11(9)23-12/h2-7,16,23H,1H3,(H,22,24,26). The van der Waals surface area contributed by atoms with Crippen LogP contribution in [0.25, 0.3) is 21.6 Å². The second-order valence-corrected chi connectivity index (χ2v) is 7.65. The summed E-state index contributed by atoms with van der Waals surface area (Å²) in [4.78, 5) is 24.3. The van der Waals surface area contributed by atoms with Crippen LogP contribution >= 0.6 is 27.3 Å². The summed E-state index contributed by atoms with van der Waals surface area (Å²) in [6.07, 6.45) is 2.52. The van der Waals surface area contributed by atoms with Gasteiger partial charge < -0.3 is 4.98 Å². The number of nitrogens with one attached hydrogen (secondary N) is 2.